The third-order valence-corrected chi connectivity index (χ3v) is 19.6. The summed E-state index contributed by atoms with van der Waals surface area (Å²) in [6.45, 7) is 0. The van der Waals surface area contributed by atoms with E-state index in [4.69, 9.17) is 59.9 Å². The third kappa shape index (κ3) is 10.9. The third-order valence-electron chi connectivity index (χ3n) is 19.6. The molecule has 20 aromatic carbocycles. The van der Waals surface area contributed by atoms with Gasteiger partial charge in [-0.3, -0.25) is 0 Å². The Kier molecular flexibility index (Phi) is 8.59. The molecule has 0 aliphatic carbocycles. The first-order valence-electron chi connectivity index (χ1n) is 55.6. The molecule has 23 aromatic rings. The van der Waals surface area contributed by atoms with E-state index >= 15 is 0 Å². The predicted molar refractivity (Wildman–Crippen MR) is 470 cm³/mol. The normalized spacial score (nSPS) is 16.9. The highest BCUT2D eigenvalue weighted by Crippen LogP contribution is 2.52. The van der Waals surface area contributed by atoms with E-state index < -0.39 is 264 Å². The Bertz CT molecular complexity index is 9940. The van der Waals surface area contributed by atoms with Crippen molar-refractivity contribution in [1.82, 2.24) is 0 Å². The van der Waals surface area contributed by atoms with E-state index in [-0.39, 0.29) is 148 Å². The van der Waals surface area contributed by atoms with Crippen LogP contribution in [0.3, 0.4) is 0 Å². The molecule has 0 bridgehead atoms. The highest BCUT2D eigenvalue weighted by molar-refractivity contribution is 6.30. The van der Waals surface area contributed by atoms with Crippen molar-refractivity contribution in [3.8, 4) is 89.0 Å². The lowest BCUT2D eigenvalue weighted by atomic mass is 9.85. The van der Waals surface area contributed by atoms with Crippen LogP contribution < -0.4 is 0 Å². The summed E-state index contributed by atoms with van der Waals surface area (Å²) in [5, 5.41) is 0.288. The van der Waals surface area contributed by atoms with Crippen molar-refractivity contribution in [2.45, 2.75) is 0 Å². The maximum Gasteiger partial charge on any atom is 0.143 e. The zero-order valence-electron chi connectivity index (χ0n) is 99.2. The summed E-state index contributed by atoms with van der Waals surface area (Å²) in [5.74, 6) is 0. The highest BCUT2D eigenvalue weighted by Gasteiger charge is 2.26. The van der Waals surface area contributed by atoms with Gasteiger partial charge in [0.25, 0.3) is 0 Å². The van der Waals surface area contributed by atoms with Crippen LogP contribution >= 0.6 is 0 Å². The molecule has 518 valence electrons. The fourth-order valence-corrected chi connectivity index (χ4v) is 15.1. The summed E-state index contributed by atoms with van der Waals surface area (Å²) in [6, 6.07) is 19.3. The van der Waals surface area contributed by atoms with Crippen molar-refractivity contribution >= 4 is 130 Å². The summed E-state index contributed by atoms with van der Waals surface area (Å²) < 4.78 is 387. The molecule has 3 heterocycles. The smallest absolute Gasteiger partial charge is 0.143 e. The van der Waals surface area contributed by atoms with Crippen molar-refractivity contribution < 1.29 is 70.8 Å². The van der Waals surface area contributed by atoms with Crippen LogP contribution in [-0.2, 0) is 0 Å². The molecule has 0 radical (unpaired) electrons. The molecule has 0 N–H and O–H groups in total. The van der Waals surface area contributed by atoms with Gasteiger partial charge in [0.1, 0.15) is 33.5 Å². The summed E-state index contributed by atoms with van der Waals surface area (Å²) in [5.41, 5.74) is 2.54. The molecule has 23 rings (SSSR count). The Hall–Kier alpha value is -14.6. The lowest BCUT2D eigenvalue weighted by Gasteiger charge is -2.18. The molecule has 3 heteroatoms. The maximum atomic E-state index is 9.28. The number of para-hydroxylation sites is 3. The predicted octanol–water partition coefficient (Wildman–Crippen LogP) is 31.0. The average Bonchev–Trinajstić information content (AvgIpc) is 0.988. The molecule has 3 aromatic heterocycles. The van der Waals surface area contributed by atoms with Crippen molar-refractivity contribution in [1.29, 1.82) is 0 Å². The minimum Gasteiger partial charge on any atom is -0.456 e. The number of fused-ring (bicyclic) bond motifs is 15. The van der Waals surface area contributed by atoms with Crippen molar-refractivity contribution in [3.63, 3.8) is 0 Å². The molecule has 3 nitrogen and oxygen atoms in total. The zero-order valence-corrected chi connectivity index (χ0v) is 57.2. The molecule has 0 amide bonds. The van der Waals surface area contributed by atoms with Crippen LogP contribution in [-0.4, -0.2) is 0 Å². The van der Waals surface area contributed by atoms with E-state index in [1.165, 1.54) is 6.07 Å². The first-order valence-corrected chi connectivity index (χ1v) is 34.6. The Labute approximate surface area is 700 Å². The van der Waals surface area contributed by atoms with Crippen LogP contribution in [0.25, 0.3) is 219 Å². The molecule has 0 aliphatic heterocycles. The highest BCUT2D eigenvalue weighted by atomic mass is 16.3. The van der Waals surface area contributed by atoms with E-state index in [0.29, 0.717) is 49.4 Å². The SMILES string of the molecule is [2H]c1c([2H])c(-c2c3c([2H])c([2H])c([2H])c([2H])c3c(-c3ccccc3)c3c([2H])c([2H])c([2H])c([2H])c23)c2c(oc3ccccc32)c1[2H].[2H]c1c([2H])c([2H])c(-c2c3c([2H])c([2H])c([2H])c([2H])c3c(-c3cccc4oc5c(-c6ccccc6)cccc5c34)c3c([2H])c([2H])c([2H])c([2H])c23)c([2H])c1[2H].[2H]c1c([2H])c([2H])c(-c2cccc3c2oc2cccc(-c4c5c([2H])c([2H])c([2H])c([2H])c5c(-c5c([2H])c([2H])c([2H])c([2H])c5[2H])c5c([2H])c([2H])c([2H])c([2H])c45)c23)c([2H])c1[2H]. The molecule has 0 spiro atoms. The van der Waals surface area contributed by atoms with Gasteiger partial charge in [-0.1, -0.05) is 387 Å². The Balaban J connectivity index is 0.000000134. The van der Waals surface area contributed by atoms with Crippen molar-refractivity contribution in [2.75, 3.05) is 0 Å². The van der Waals surface area contributed by atoms with Gasteiger partial charge in [-0.25, -0.2) is 0 Å². The number of hydrogen-bond donors (Lipinski definition) is 0. The van der Waals surface area contributed by atoms with Gasteiger partial charge in [0.2, 0.25) is 0 Å². The molecular formula is C108H68O3. The second-order valence-electron chi connectivity index (χ2n) is 25.5. The van der Waals surface area contributed by atoms with Crippen LogP contribution in [0.15, 0.2) is 425 Å². The lowest BCUT2D eigenvalue weighted by molar-refractivity contribution is 0.669. The number of rotatable bonds is 8. The van der Waals surface area contributed by atoms with Gasteiger partial charge in [0.05, 0.1) is 57.6 Å². The first kappa shape index (κ1) is 34.9. The molecule has 0 atom stereocenters. The fraction of sp³-hybridized carbons (Fsp3) is 0. The second kappa shape index (κ2) is 27.3. The molecule has 0 saturated carbocycles. The van der Waals surface area contributed by atoms with E-state index in [1.807, 2.05) is 48.5 Å². The largest absolute Gasteiger partial charge is 0.456 e. The van der Waals surface area contributed by atoms with E-state index in [9.17, 15) is 11.0 Å². The molecule has 0 saturated heterocycles. The maximum absolute atomic E-state index is 9.28. The van der Waals surface area contributed by atoms with E-state index in [0.717, 1.165) is 11.1 Å². The minimum absolute atomic E-state index is 0.0107. The average molecular weight is 1460 g/mol. The van der Waals surface area contributed by atoms with Gasteiger partial charge in [-0.15, -0.1) is 0 Å². The lowest BCUT2D eigenvalue weighted by Crippen LogP contribution is -1.91. The first-order chi connectivity index (χ1) is 72.6. The number of benzene rings is 20. The standard InChI is InChI=1S/2C38H24O.C32H20O/c2*1-3-13-25(14-4-1)27-21-11-23-33-37-32(22-12-24-34(37)39-38(27)33)36-30-19-9-7-17-28(30)35(26-15-5-2-6-16-26)29-18-8-10-20-31(29)36;1-2-11-21(12-3-1)30-22-13-4-6-15-24(22)31(25-16-7-5-14-23(25)30)27-18-10-20-29-32(27)26-17-8-9-19-28(26)33-29/h2*1-24H;1-20H/i1D,2D,3D,4D,5D,6D,7D,8D,9D,10D,13D,14D,15D,16D,17D,18D,19D,20D;2D,5D,6D,7D,8D,9D,10D,15D,16D,17D,18D,19D,20D;4D,5D,6D,7D,10D,13D,14D,15D,16D,18D,20D. The van der Waals surface area contributed by atoms with E-state index in [2.05, 4.69) is 0 Å². The van der Waals surface area contributed by atoms with Crippen LogP contribution in [0, 0.1) is 0 Å². The molecule has 111 heavy (non-hydrogen) atoms. The zero-order chi connectivity index (χ0) is 110. The van der Waals surface area contributed by atoms with E-state index in [1.54, 1.807) is 103 Å². The van der Waals surface area contributed by atoms with Gasteiger partial charge in [0.15, 0.2) is 0 Å². The van der Waals surface area contributed by atoms with Crippen molar-refractivity contribution in [3.05, 3.63) is 412 Å². The molecule has 0 aliphatic rings. The number of hydrogen-bond acceptors (Lipinski definition) is 3. The van der Waals surface area contributed by atoms with Gasteiger partial charge in [0, 0.05) is 43.4 Å². The molecular weight excluding hydrogens is 1350 g/mol. The minimum atomic E-state index is -0.775. The topological polar surface area (TPSA) is 39.4 Å². The fourth-order valence-electron chi connectivity index (χ4n) is 15.1. The molecule has 0 unspecified atom stereocenters. The summed E-state index contributed by atoms with van der Waals surface area (Å²) >= 11 is 0. The monoisotopic (exact) mass is 1450 g/mol. The second-order valence-corrected chi connectivity index (χ2v) is 25.5. The van der Waals surface area contributed by atoms with Gasteiger partial charge in [-0.05, 0) is 167 Å². The summed E-state index contributed by atoms with van der Waals surface area (Å²) in [6.07, 6.45) is 0. The van der Waals surface area contributed by atoms with Crippen LogP contribution in [0.1, 0.15) is 57.6 Å². The van der Waals surface area contributed by atoms with Gasteiger partial charge < -0.3 is 13.3 Å². The Morgan fingerprint density at radius 2 is 0.450 bits per heavy atom. The summed E-state index contributed by atoms with van der Waals surface area (Å²) in [7, 11) is 0. The van der Waals surface area contributed by atoms with Crippen LogP contribution in [0.4, 0.5) is 0 Å². The van der Waals surface area contributed by atoms with Crippen molar-refractivity contribution in [2.24, 2.45) is 0 Å². The van der Waals surface area contributed by atoms with Gasteiger partial charge in [-0.2, -0.15) is 0 Å². The number of furan rings is 3. The molecule has 0 fully saturated rings. The van der Waals surface area contributed by atoms with Crippen LogP contribution in [0.2, 0.25) is 0 Å². The van der Waals surface area contributed by atoms with Crippen LogP contribution in [0.5, 0.6) is 0 Å². The Morgan fingerprint density at radius 3 is 0.874 bits per heavy atom. The van der Waals surface area contributed by atoms with Gasteiger partial charge >= 0.3 is 0 Å². The quantitative estimate of drug-likeness (QED) is 0.142. The summed E-state index contributed by atoms with van der Waals surface area (Å²) in [4.78, 5) is 0. The Morgan fingerprint density at radius 1 is 0.153 bits per heavy atom.